The fourth-order valence-corrected chi connectivity index (χ4v) is 4.56. The Bertz CT molecular complexity index is 715. The molecule has 0 N–H and O–H groups in total. The van der Waals surface area contributed by atoms with Gasteiger partial charge >= 0.3 is 0 Å². The Kier molecular flexibility index (Phi) is 4.38. The molecule has 2 aromatic rings. The SMILES string of the molecule is CC1(C)CC(=C(c2c[c]ccc2)c2ccc(F)cc2)CC(C)(C)C1. The van der Waals surface area contributed by atoms with E-state index in [0.29, 0.717) is 0 Å². The van der Waals surface area contributed by atoms with Crippen LogP contribution in [-0.2, 0) is 0 Å². The topological polar surface area (TPSA) is 0 Å². The second kappa shape index (κ2) is 6.20. The number of hydrogen-bond acceptors (Lipinski definition) is 0. The van der Waals surface area contributed by atoms with Crippen molar-refractivity contribution in [3.8, 4) is 0 Å². The summed E-state index contributed by atoms with van der Waals surface area (Å²) in [6.45, 7) is 9.42. The molecular weight excluding hydrogens is 295 g/mol. The first-order valence-corrected chi connectivity index (χ1v) is 8.70. The molecule has 0 atom stereocenters. The highest BCUT2D eigenvalue weighted by Gasteiger charge is 2.37. The van der Waals surface area contributed by atoms with E-state index in [1.807, 2.05) is 30.3 Å². The van der Waals surface area contributed by atoms with Gasteiger partial charge in [-0.3, -0.25) is 0 Å². The van der Waals surface area contributed by atoms with Crippen LogP contribution in [0.3, 0.4) is 0 Å². The van der Waals surface area contributed by atoms with Gasteiger partial charge < -0.3 is 0 Å². The van der Waals surface area contributed by atoms with Crippen molar-refractivity contribution in [1.29, 1.82) is 0 Å². The molecule has 0 spiro atoms. The van der Waals surface area contributed by atoms with E-state index >= 15 is 0 Å². The summed E-state index contributed by atoms with van der Waals surface area (Å²) in [7, 11) is 0. The number of benzene rings is 2. The normalized spacial score (nSPS) is 19.1. The maximum atomic E-state index is 13.4. The molecule has 0 bridgehead atoms. The molecule has 1 radical (unpaired) electrons. The van der Waals surface area contributed by atoms with Crippen molar-refractivity contribution in [3.63, 3.8) is 0 Å². The van der Waals surface area contributed by atoms with Crippen LogP contribution in [0.2, 0.25) is 0 Å². The minimum atomic E-state index is -0.188. The molecule has 0 aromatic heterocycles. The summed E-state index contributed by atoms with van der Waals surface area (Å²) in [4.78, 5) is 0. The Morgan fingerprint density at radius 1 is 0.917 bits per heavy atom. The number of halogens is 1. The minimum absolute atomic E-state index is 0.188. The molecule has 1 saturated carbocycles. The zero-order valence-electron chi connectivity index (χ0n) is 15.1. The molecule has 1 heteroatoms. The summed E-state index contributed by atoms with van der Waals surface area (Å²) in [5, 5.41) is 0. The average molecular weight is 321 g/mol. The van der Waals surface area contributed by atoms with E-state index < -0.39 is 0 Å². The average Bonchev–Trinajstić information content (AvgIpc) is 2.47. The summed E-state index contributed by atoms with van der Waals surface area (Å²) < 4.78 is 13.4. The van der Waals surface area contributed by atoms with Gasteiger partial charge in [-0.05, 0) is 71.1 Å². The van der Waals surface area contributed by atoms with E-state index in [1.165, 1.54) is 23.1 Å². The fraction of sp³-hybridized carbons (Fsp3) is 0.391. The lowest BCUT2D eigenvalue weighted by atomic mass is 9.62. The lowest BCUT2D eigenvalue weighted by Crippen LogP contribution is -2.30. The summed E-state index contributed by atoms with van der Waals surface area (Å²) in [5.41, 5.74) is 5.56. The van der Waals surface area contributed by atoms with E-state index in [1.54, 1.807) is 12.1 Å². The van der Waals surface area contributed by atoms with Crippen molar-refractivity contribution in [2.45, 2.75) is 47.0 Å². The second-order valence-electron chi connectivity index (χ2n) is 8.64. The van der Waals surface area contributed by atoms with E-state index in [2.05, 4.69) is 39.8 Å². The predicted octanol–water partition coefficient (Wildman–Crippen LogP) is 6.66. The van der Waals surface area contributed by atoms with Gasteiger partial charge in [-0.15, -0.1) is 0 Å². The fourth-order valence-electron chi connectivity index (χ4n) is 4.56. The first-order valence-electron chi connectivity index (χ1n) is 8.70. The highest BCUT2D eigenvalue weighted by molar-refractivity contribution is 5.82. The third-order valence-corrected chi connectivity index (χ3v) is 4.82. The quantitative estimate of drug-likeness (QED) is 0.580. The zero-order valence-corrected chi connectivity index (χ0v) is 15.1. The van der Waals surface area contributed by atoms with Crippen LogP contribution in [0.5, 0.6) is 0 Å². The van der Waals surface area contributed by atoms with Gasteiger partial charge in [0.2, 0.25) is 0 Å². The van der Waals surface area contributed by atoms with E-state index in [0.717, 1.165) is 18.4 Å². The molecule has 0 heterocycles. The van der Waals surface area contributed by atoms with Crippen LogP contribution in [-0.4, -0.2) is 0 Å². The molecule has 2 aromatic carbocycles. The molecule has 0 aliphatic heterocycles. The molecule has 24 heavy (non-hydrogen) atoms. The molecular formula is C23H26F. The van der Waals surface area contributed by atoms with Crippen molar-refractivity contribution in [1.82, 2.24) is 0 Å². The third kappa shape index (κ3) is 3.77. The number of rotatable bonds is 2. The van der Waals surface area contributed by atoms with Gasteiger partial charge in [0.25, 0.3) is 0 Å². The summed E-state index contributed by atoms with van der Waals surface area (Å²) in [5.74, 6) is -0.188. The van der Waals surface area contributed by atoms with Crippen LogP contribution in [0.1, 0.15) is 58.1 Å². The third-order valence-electron chi connectivity index (χ3n) is 4.82. The molecule has 1 aliphatic carbocycles. The Morgan fingerprint density at radius 3 is 2.08 bits per heavy atom. The molecule has 0 nitrogen and oxygen atoms in total. The molecule has 0 saturated heterocycles. The molecule has 0 amide bonds. The maximum Gasteiger partial charge on any atom is 0.123 e. The largest absolute Gasteiger partial charge is 0.207 e. The highest BCUT2D eigenvalue weighted by atomic mass is 19.1. The van der Waals surface area contributed by atoms with Gasteiger partial charge in [-0.1, -0.05) is 63.6 Å². The van der Waals surface area contributed by atoms with Gasteiger partial charge in [0.1, 0.15) is 5.82 Å². The van der Waals surface area contributed by atoms with Gasteiger partial charge in [0.05, 0.1) is 0 Å². The lowest BCUT2D eigenvalue weighted by molar-refractivity contribution is 0.154. The standard InChI is InChI=1S/C23H26F/c1-22(2)14-19(15-23(3,4)16-22)21(17-8-6-5-7-9-17)18-10-12-20(24)13-11-18/h5-6,8-13H,14-16H2,1-4H3. The van der Waals surface area contributed by atoms with Gasteiger partial charge in [-0.2, -0.15) is 0 Å². The Hall–Kier alpha value is -1.89. The van der Waals surface area contributed by atoms with Crippen LogP contribution < -0.4 is 0 Å². The molecule has 0 unspecified atom stereocenters. The summed E-state index contributed by atoms with van der Waals surface area (Å²) >= 11 is 0. The van der Waals surface area contributed by atoms with Crippen molar-refractivity contribution >= 4 is 5.57 Å². The van der Waals surface area contributed by atoms with E-state index in [-0.39, 0.29) is 16.6 Å². The zero-order chi connectivity index (χ0) is 17.4. The summed E-state index contributed by atoms with van der Waals surface area (Å²) in [6, 6.07) is 18.2. The monoisotopic (exact) mass is 321 g/mol. The van der Waals surface area contributed by atoms with Gasteiger partial charge in [-0.25, -0.2) is 4.39 Å². The van der Waals surface area contributed by atoms with E-state index in [4.69, 9.17) is 0 Å². The Balaban J connectivity index is 2.18. The Labute approximate surface area is 145 Å². The van der Waals surface area contributed by atoms with Crippen molar-refractivity contribution < 1.29 is 4.39 Å². The Morgan fingerprint density at radius 2 is 1.54 bits per heavy atom. The van der Waals surface area contributed by atoms with Crippen LogP contribution in [0.15, 0.2) is 54.1 Å². The van der Waals surface area contributed by atoms with Crippen molar-refractivity contribution in [3.05, 3.63) is 77.1 Å². The van der Waals surface area contributed by atoms with Crippen molar-refractivity contribution in [2.24, 2.45) is 10.8 Å². The van der Waals surface area contributed by atoms with Crippen LogP contribution in [0.25, 0.3) is 5.57 Å². The first-order chi connectivity index (χ1) is 11.3. The smallest absolute Gasteiger partial charge is 0.123 e. The predicted molar refractivity (Wildman–Crippen MR) is 99.1 cm³/mol. The van der Waals surface area contributed by atoms with Gasteiger partial charge in [0, 0.05) is 0 Å². The molecule has 1 aliphatic rings. The van der Waals surface area contributed by atoms with Crippen LogP contribution in [0.4, 0.5) is 4.39 Å². The minimum Gasteiger partial charge on any atom is -0.207 e. The van der Waals surface area contributed by atoms with Crippen LogP contribution >= 0.6 is 0 Å². The van der Waals surface area contributed by atoms with E-state index in [9.17, 15) is 4.39 Å². The second-order valence-corrected chi connectivity index (χ2v) is 8.64. The first kappa shape index (κ1) is 17.0. The molecule has 3 rings (SSSR count). The number of allylic oxidation sites excluding steroid dienone is 1. The number of hydrogen-bond donors (Lipinski definition) is 0. The van der Waals surface area contributed by atoms with Crippen molar-refractivity contribution in [2.75, 3.05) is 0 Å². The highest BCUT2D eigenvalue weighted by Crippen LogP contribution is 2.50. The maximum absolute atomic E-state index is 13.4. The van der Waals surface area contributed by atoms with Gasteiger partial charge in [0.15, 0.2) is 0 Å². The molecule has 1 fully saturated rings. The molecule has 125 valence electrons. The van der Waals surface area contributed by atoms with Crippen LogP contribution in [0, 0.1) is 22.7 Å². The lowest BCUT2D eigenvalue weighted by Gasteiger charge is -2.43. The summed E-state index contributed by atoms with van der Waals surface area (Å²) in [6.07, 6.45) is 3.39.